The molecule has 1 aromatic heterocycles. The fourth-order valence-corrected chi connectivity index (χ4v) is 5.12. The minimum absolute atomic E-state index is 0.121. The molecule has 1 aromatic carbocycles. The molecule has 0 radical (unpaired) electrons. The zero-order chi connectivity index (χ0) is 25.9. The summed E-state index contributed by atoms with van der Waals surface area (Å²) in [4.78, 5) is 31.6. The smallest absolute Gasteiger partial charge is 0.411 e. The maximum atomic E-state index is 13.3. The van der Waals surface area contributed by atoms with Crippen molar-refractivity contribution in [1.29, 1.82) is 0 Å². The Hall–Kier alpha value is -2.65. The van der Waals surface area contributed by atoms with E-state index in [2.05, 4.69) is 20.9 Å². The summed E-state index contributed by atoms with van der Waals surface area (Å²) in [5.74, 6) is -1.21. The van der Waals surface area contributed by atoms with E-state index < -0.39 is 47.7 Å². The van der Waals surface area contributed by atoms with E-state index in [-0.39, 0.29) is 6.61 Å². The summed E-state index contributed by atoms with van der Waals surface area (Å²) < 4.78 is 18.2. The van der Waals surface area contributed by atoms with Crippen LogP contribution in [0.5, 0.6) is 5.88 Å². The number of pyridine rings is 1. The van der Waals surface area contributed by atoms with E-state index in [1.165, 1.54) is 12.0 Å². The summed E-state index contributed by atoms with van der Waals surface area (Å²) in [5, 5.41) is 10.3. The van der Waals surface area contributed by atoms with Crippen LogP contribution >= 0.6 is 15.9 Å². The summed E-state index contributed by atoms with van der Waals surface area (Å²) in [6.07, 6.45) is -0.0872. The lowest BCUT2D eigenvalue weighted by Gasteiger charge is -2.34. The number of halogens is 1. The highest BCUT2D eigenvalue weighted by Crippen LogP contribution is 2.50. The first-order valence-corrected chi connectivity index (χ1v) is 12.3. The second-order valence-corrected chi connectivity index (χ2v) is 10.9. The number of carboxylic acids is 1. The number of hydrogen-bond donors (Lipinski definition) is 1. The van der Waals surface area contributed by atoms with Crippen molar-refractivity contribution in [3.05, 3.63) is 58.2 Å². The van der Waals surface area contributed by atoms with E-state index in [1.54, 1.807) is 20.0 Å². The second-order valence-electron chi connectivity index (χ2n) is 9.97. The Kier molecular flexibility index (Phi) is 8.43. The second kappa shape index (κ2) is 11.0. The first kappa shape index (κ1) is 26.9. The van der Waals surface area contributed by atoms with Crippen molar-refractivity contribution in [2.45, 2.75) is 65.5 Å². The normalized spacial score (nSPS) is 22.3. The third-order valence-electron chi connectivity index (χ3n) is 6.06. The number of aromatic nitrogens is 1. The first-order valence-electron chi connectivity index (χ1n) is 11.5. The van der Waals surface area contributed by atoms with Crippen molar-refractivity contribution >= 4 is 28.0 Å². The van der Waals surface area contributed by atoms with Gasteiger partial charge in [0.05, 0.1) is 32.0 Å². The van der Waals surface area contributed by atoms with Gasteiger partial charge in [-0.1, -0.05) is 51.1 Å². The molecule has 2 aromatic rings. The van der Waals surface area contributed by atoms with Crippen LogP contribution < -0.4 is 4.74 Å². The summed E-state index contributed by atoms with van der Waals surface area (Å²) in [6.45, 7) is 9.49. The number of methoxy groups -OCH3 is 1. The van der Waals surface area contributed by atoms with Crippen LogP contribution in [0.3, 0.4) is 0 Å². The number of hydrogen-bond acceptors (Lipinski definition) is 6. The maximum absolute atomic E-state index is 13.3. The van der Waals surface area contributed by atoms with E-state index in [9.17, 15) is 14.7 Å². The van der Waals surface area contributed by atoms with Crippen LogP contribution in [0.1, 0.15) is 51.8 Å². The van der Waals surface area contributed by atoms with Crippen molar-refractivity contribution < 1.29 is 28.9 Å². The Morgan fingerprint density at radius 2 is 1.86 bits per heavy atom. The zero-order valence-electron chi connectivity index (χ0n) is 20.9. The van der Waals surface area contributed by atoms with Crippen LogP contribution in [-0.4, -0.2) is 52.4 Å². The molecular weight excluding hydrogens is 516 g/mol. The molecule has 190 valence electrons. The van der Waals surface area contributed by atoms with Gasteiger partial charge in [0.2, 0.25) is 5.88 Å². The van der Waals surface area contributed by atoms with Crippen LogP contribution in [0.4, 0.5) is 4.79 Å². The predicted molar refractivity (Wildman–Crippen MR) is 134 cm³/mol. The van der Waals surface area contributed by atoms with E-state index in [0.29, 0.717) is 11.4 Å². The molecule has 1 amide bonds. The molecule has 0 bridgehead atoms. The summed E-state index contributed by atoms with van der Waals surface area (Å²) in [7, 11) is 1.53. The number of carbonyl (C=O) groups is 2. The average molecular weight is 549 g/mol. The number of likely N-dealkylation sites (tertiary alicyclic amines) is 1. The van der Waals surface area contributed by atoms with Crippen molar-refractivity contribution in [1.82, 2.24) is 9.88 Å². The van der Waals surface area contributed by atoms with Gasteiger partial charge >= 0.3 is 12.1 Å². The van der Waals surface area contributed by atoms with Gasteiger partial charge in [-0.05, 0) is 46.8 Å². The Morgan fingerprint density at radius 1 is 1.20 bits per heavy atom. The van der Waals surface area contributed by atoms with Gasteiger partial charge in [0.15, 0.2) is 0 Å². The monoisotopic (exact) mass is 548 g/mol. The topological polar surface area (TPSA) is 98.2 Å². The fraction of sp³-hybridized carbons (Fsp3) is 0.500. The van der Waals surface area contributed by atoms with Gasteiger partial charge < -0.3 is 19.3 Å². The molecule has 0 aliphatic carbocycles. The zero-order valence-corrected chi connectivity index (χ0v) is 22.5. The van der Waals surface area contributed by atoms with Crippen LogP contribution in [0.15, 0.2) is 47.1 Å². The number of carboxylic acid groups (broad SMARTS) is 1. The number of benzene rings is 1. The molecule has 1 fully saturated rings. The number of amides is 1. The van der Waals surface area contributed by atoms with Crippen LogP contribution in [0.25, 0.3) is 0 Å². The minimum Gasteiger partial charge on any atom is -0.481 e. The number of aliphatic carboxylic acids is 1. The molecule has 35 heavy (non-hydrogen) atoms. The van der Waals surface area contributed by atoms with E-state index in [1.807, 2.05) is 57.2 Å². The summed E-state index contributed by atoms with van der Waals surface area (Å²) in [6, 6.07) is 9.39. The molecule has 0 unspecified atom stereocenters. The van der Waals surface area contributed by atoms with E-state index >= 15 is 0 Å². The molecule has 0 spiro atoms. The van der Waals surface area contributed by atoms with Crippen LogP contribution in [0.2, 0.25) is 0 Å². The van der Waals surface area contributed by atoms with E-state index in [0.717, 1.165) is 10.0 Å². The molecule has 1 saturated heterocycles. The van der Waals surface area contributed by atoms with Crippen LogP contribution in [-0.2, 0) is 20.9 Å². The lowest BCUT2D eigenvalue weighted by molar-refractivity contribution is -0.145. The Morgan fingerprint density at radius 3 is 2.40 bits per heavy atom. The quantitative estimate of drug-likeness (QED) is 0.490. The Labute approximate surface area is 214 Å². The van der Waals surface area contributed by atoms with Gasteiger partial charge in [-0.2, -0.15) is 0 Å². The molecule has 0 saturated carbocycles. The molecule has 3 rings (SSSR count). The Bertz CT molecular complexity index is 1040. The van der Waals surface area contributed by atoms with Gasteiger partial charge in [0, 0.05) is 22.2 Å². The maximum Gasteiger partial charge on any atom is 0.411 e. The highest BCUT2D eigenvalue weighted by Gasteiger charge is 2.59. The molecule has 1 aliphatic heterocycles. The minimum atomic E-state index is -1.14. The Balaban J connectivity index is 2.13. The highest BCUT2D eigenvalue weighted by atomic mass is 79.9. The molecule has 1 N–H and O–H groups in total. The molecule has 1 aliphatic rings. The third-order valence-corrected chi connectivity index (χ3v) is 6.50. The predicted octanol–water partition coefficient (Wildman–Crippen LogP) is 5.46. The van der Waals surface area contributed by atoms with Crippen molar-refractivity contribution in [3.8, 4) is 5.88 Å². The van der Waals surface area contributed by atoms with Crippen molar-refractivity contribution in [3.63, 3.8) is 0 Å². The van der Waals surface area contributed by atoms with Crippen molar-refractivity contribution in [2.24, 2.45) is 11.3 Å². The molecule has 4 atom stereocenters. The molecule has 2 heterocycles. The summed E-state index contributed by atoms with van der Waals surface area (Å²) >= 11 is 3.43. The molecule has 8 nitrogen and oxygen atoms in total. The fourth-order valence-electron chi connectivity index (χ4n) is 4.75. The molecular formula is C26H33BrN2O6. The van der Waals surface area contributed by atoms with Gasteiger partial charge in [-0.25, -0.2) is 14.6 Å². The van der Waals surface area contributed by atoms with Gasteiger partial charge in [-0.15, -0.1) is 0 Å². The van der Waals surface area contributed by atoms with Gasteiger partial charge in [-0.3, -0.25) is 4.90 Å². The SMILES string of the molecule is COc1ncc(Br)cc1CO[C@H]1[C@H](C(C)(C)C)[C@@H](C(=O)O)N(C(=O)OC(C)C)[C@H]1c1ccccc1. The van der Waals surface area contributed by atoms with E-state index in [4.69, 9.17) is 14.2 Å². The highest BCUT2D eigenvalue weighted by molar-refractivity contribution is 9.10. The lowest BCUT2D eigenvalue weighted by atomic mass is 9.73. The van der Waals surface area contributed by atoms with Gasteiger partial charge in [0.1, 0.15) is 6.04 Å². The first-order chi connectivity index (χ1) is 16.5. The number of nitrogens with zero attached hydrogens (tertiary/aromatic N) is 2. The van der Waals surface area contributed by atoms with Gasteiger partial charge in [0.25, 0.3) is 0 Å². The van der Waals surface area contributed by atoms with Crippen LogP contribution in [0, 0.1) is 11.3 Å². The average Bonchev–Trinajstić information content (AvgIpc) is 3.14. The summed E-state index contributed by atoms with van der Waals surface area (Å²) in [5.41, 5.74) is 0.972. The molecule has 9 heteroatoms. The largest absolute Gasteiger partial charge is 0.481 e. The number of ether oxygens (including phenoxy) is 3. The number of rotatable bonds is 7. The lowest BCUT2D eigenvalue weighted by Crippen LogP contribution is -2.47. The number of carbonyl (C=O) groups excluding carboxylic acids is 1. The third kappa shape index (κ3) is 5.95. The van der Waals surface area contributed by atoms with Crippen molar-refractivity contribution in [2.75, 3.05) is 7.11 Å². The standard InChI is InChI=1S/C26H33BrN2O6/c1-15(2)35-25(32)29-20(16-10-8-7-9-11-16)22(19(26(3,4)5)21(29)24(30)31)34-14-17-12-18(27)13-28-23(17)33-6/h7-13,15,19-22H,14H2,1-6H3,(H,30,31)/t19-,20+,21+,22+/m1/s1.